The van der Waals surface area contributed by atoms with Gasteiger partial charge in [-0.25, -0.2) is 0 Å². The van der Waals surface area contributed by atoms with Gasteiger partial charge in [0.2, 0.25) is 0 Å². The zero-order valence-corrected chi connectivity index (χ0v) is 18.7. The van der Waals surface area contributed by atoms with E-state index in [1.807, 2.05) is 0 Å². The predicted octanol–water partition coefficient (Wildman–Crippen LogP) is 4.80. The van der Waals surface area contributed by atoms with Crippen molar-refractivity contribution < 1.29 is 4.74 Å². The standard InChI is InChI=1S/C25H37N3O/c1-6-26(7-2)21(4)27-17-18-28(25(19-27)23-11-9-8-10-12-23)20(3)22-13-15-24(29-5)16-14-22/h8-16,20-21,25H,6-7,17-19H2,1-5H3. The molecule has 158 valence electrons. The van der Waals surface area contributed by atoms with E-state index in [-0.39, 0.29) is 0 Å². The van der Waals surface area contributed by atoms with Crippen molar-refractivity contribution in [1.29, 1.82) is 0 Å². The zero-order valence-electron chi connectivity index (χ0n) is 18.7. The Morgan fingerprint density at radius 1 is 0.966 bits per heavy atom. The third-order valence-electron chi connectivity index (χ3n) is 6.60. The van der Waals surface area contributed by atoms with Gasteiger partial charge in [-0.05, 0) is 50.2 Å². The Hall–Kier alpha value is -1.88. The normalized spacial score (nSPS) is 20.6. The summed E-state index contributed by atoms with van der Waals surface area (Å²) >= 11 is 0. The molecule has 3 rings (SSSR count). The van der Waals surface area contributed by atoms with Crippen molar-refractivity contribution in [3.8, 4) is 5.75 Å². The second-order valence-corrected chi connectivity index (χ2v) is 7.96. The Labute approximate surface area is 177 Å². The number of benzene rings is 2. The van der Waals surface area contributed by atoms with Gasteiger partial charge in [-0.1, -0.05) is 56.3 Å². The second kappa shape index (κ2) is 10.2. The summed E-state index contributed by atoms with van der Waals surface area (Å²) in [7, 11) is 1.72. The average molecular weight is 396 g/mol. The van der Waals surface area contributed by atoms with E-state index in [2.05, 4.69) is 97.0 Å². The molecule has 0 radical (unpaired) electrons. The van der Waals surface area contributed by atoms with E-state index in [1.54, 1.807) is 7.11 Å². The molecule has 2 aromatic carbocycles. The van der Waals surface area contributed by atoms with Gasteiger partial charge in [-0.2, -0.15) is 0 Å². The van der Waals surface area contributed by atoms with Gasteiger partial charge in [0.1, 0.15) is 5.75 Å². The Kier molecular flexibility index (Phi) is 7.70. The summed E-state index contributed by atoms with van der Waals surface area (Å²) in [5.41, 5.74) is 2.75. The number of nitrogens with zero attached hydrogens (tertiary/aromatic N) is 3. The van der Waals surface area contributed by atoms with Crippen LogP contribution in [0.25, 0.3) is 0 Å². The lowest BCUT2D eigenvalue weighted by molar-refractivity contribution is -0.0193. The molecule has 29 heavy (non-hydrogen) atoms. The maximum Gasteiger partial charge on any atom is 0.118 e. The molecule has 4 nitrogen and oxygen atoms in total. The lowest BCUT2D eigenvalue weighted by Crippen LogP contribution is -2.56. The minimum absolute atomic E-state index is 0.358. The number of rotatable bonds is 8. The molecule has 1 aliphatic rings. The number of piperazine rings is 1. The van der Waals surface area contributed by atoms with Crippen LogP contribution in [0.15, 0.2) is 54.6 Å². The lowest BCUT2D eigenvalue weighted by Gasteiger charge is -2.48. The summed E-state index contributed by atoms with van der Waals surface area (Å²) in [5, 5.41) is 0. The van der Waals surface area contributed by atoms with Crippen LogP contribution in [0, 0.1) is 0 Å². The topological polar surface area (TPSA) is 19.0 Å². The molecule has 3 unspecified atom stereocenters. The Morgan fingerprint density at radius 2 is 1.62 bits per heavy atom. The zero-order chi connectivity index (χ0) is 20.8. The summed E-state index contributed by atoms with van der Waals surface area (Å²) in [6, 6.07) is 20.3. The van der Waals surface area contributed by atoms with E-state index in [1.165, 1.54) is 11.1 Å². The van der Waals surface area contributed by atoms with Crippen molar-refractivity contribution >= 4 is 0 Å². The summed E-state index contributed by atoms with van der Waals surface area (Å²) in [6.07, 6.45) is 0.467. The van der Waals surface area contributed by atoms with Gasteiger partial charge in [0.25, 0.3) is 0 Å². The third kappa shape index (κ3) is 5.00. The number of methoxy groups -OCH3 is 1. The summed E-state index contributed by atoms with van der Waals surface area (Å²) in [4.78, 5) is 7.87. The fourth-order valence-corrected chi connectivity index (χ4v) is 4.65. The van der Waals surface area contributed by atoms with Crippen LogP contribution in [-0.4, -0.2) is 60.7 Å². The largest absolute Gasteiger partial charge is 0.497 e. The molecule has 0 aliphatic carbocycles. The van der Waals surface area contributed by atoms with E-state index in [9.17, 15) is 0 Å². The quantitative estimate of drug-likeness (QED) is 0.639. The van der Waals surface area contributed by atoms with E-state index >= 15 is 0 Å². The van der Waals surface area contributed by atoms with Gasteiger partial charge in [-0.15, -0.1) is 0 Å². The van der Waals surface area contributed by atoms with Crippen LogP contribution in [0.2, 0.25) is 0 Å². The van der Waals surface area contributed by atoms with Crippen molar-refractivity contribution in [1.82, 2.24) is 14.7 Å². The van der Waals surface area contributed by atoms with Gasteiger partial charge < -0.3 is 4.74 Å². The fraction of sp³-hybridized carbons (Fsp3) is 0.520. The van der Waals surface area contributed by atoms with Crippen molar-refractivity contribution in [3.63, 3.8) is 0 Å². The SMILES string of the molecule is CCN(CC)C(C)N1CCN(C(C)c2ccc(OC)cc2)C(c2ccccc2)C1. The molecule has 0 bridgehead atoms. The van der Waals surface area contributed by atoms with E-state index < -0.39 is 0 Å². The minimum Gasteiger partial charge on any atom is -0.497 e. The smallest absolute Gasteiger partial charge is 0.118 e. The highest BCUT2D eigenvalue weighted by atomic mass is 16.5. The highest BCUT2D eigenvalue weighted by molar-refractivity contribution is 5.30. The molecule has 1 aliphatic heterocycles. The second-order valence-electron chi connectivity index (χ2n) is 7.96. The molecular formula is C25H37N3O. The van der Waals surface area contributed by atoms with Gasteiger partial charge in [-0.3, -0.25) is 14.7 Å². The fourth-order valence-electron chi connectivity index (χ4n) is 4.65. The molecule has 0 saturated carbocycles. The monoisotopic (exact) mass is 395 g/mol. The first-order valence-electron chi connectivity index (χ1n) is 11.0. The molecule has 0 aromatic heterocycles. The van der Waals surface area contributed by atoms with E-state index in [0.717, 1.165) is 38.5 Å². The summed E-state index contributed by atoms with van der Waals surface area (Å²) in [5.74, 6) is 0.915. The van der Waals surface area contributed by atoms with Crippen LogP contribution < -0.4 is 4.74 Å². The van der Waals surface area contributed by atoms with Crippen LogP contribution in [0.3, 0.4) is 0 Å². The van der Waals surface area contributed by atoms with Gasteiger partial charge in [0.15, 0.2) is 0 Å². The maximum atomic E-state index is 5.34. The predicted molar refractivity (Wildman–Crippen MR) is 121 cm³/mol. The van der Waals surface area contributed by atoms with Crippen LogP contribution in [0.4, 0.5) is 0 Å². The van der Waals surface area contributed by atoms with Gasteiger partial charge >= 0.3 is 0 Å². The first-order valence-corrected chi connectivity index (χ1v) is 11.0. The van der Waals surface area contributed by atoms with Gasteiger partial charge in [0.05, 0.1) is 13.3 Å². The molecule has 0 spiro atoms. The number of hydrogen-bond acceptors (Lipinski definition) is 4. The Balaban J connectivity index is 1.84. The molecule has 4 heteroatoms. The van der Waals surface area contributed by atoms with Crippen LogP contribution in [0.1, 0.15) is 50.9 Å². The molecule has 1 saturated heterocycles. The third-order valence-corrected chi connectivity index (χ3v) is 6.60. The molecular weight excluding hydrogens is 358 g/mol. The van der Waals surface area contributed by atoms with Crippen LogP contribution >= 0.6 is 0 Å². The van der Waals surface area contributed by atoms with Crippen molar-refractivity contribution in [2.24, 2.45) is 0 Å². The molecule has 3 atom stereocenters. The first kappa shape index (κ1) is 21.8. The Morgan fingerprint density at radius 3 is 2.21 bits per heavy atom. The van der Waals surface area contributed by atoms with Crippen LogP contribution in [0.5, 0.6) is 5.75 Å². The van der Waals surface area contributed by atoms with Crippen molar-refractivity contribution in [3.05, 3.63) is 65.7 Å². The Bertz CT molecular complexity index is 729. The van der Waals surface area contributed by atoms with Gasteiger partial charge in [0, 0.05) is 31.7 Å². The summed E-state index contributed by atoms with van der Waals surface area (Å²) < 4.78 is 5.34. The van der Waals surface area contributed by atoms with Crippen molar-refractivity contribution in [2.45, 2.75) is 45.9 Å². The number of ether oxygens (including phenoxy) is 1. The maximum absolute atomic E-state index is 5.34. The average Bonchev–Trinajstić information content (AvgIpc) is 2.79. The molecule has 1 fully saturated rings. The molecule has 0 amide bonds. The highest BCUT2D eigenvalue weighted by Gasteiger charge is 2.34. The van der Waals surface area contributed by atoms with E-state index in [4.69, 9.17) is 4.74 Å². The lowest BCUT2D eigenvalue weighted by atomic mass is 9.97. The van der Waals surface area contributed by atoms with E-state index in [0.29, 0.717) is 18.2 Å². The first-order chi connectivity index (χ1) is 14.1. The molecule has 1 heterocycles. The minimum atomic E-state index is 0.358. The number of hydrogen-bond donors (Lipinski definition) is 0. The van der Waals surface area contributed by atoms with Crippen molar-refractivity contribution in [2.75, 3.05) is 39.8 Å². The highest BCUT2D eigenvalue weighted by Crippen LogP contribution is 2.34. The van der Waals surface area contributed by atoms with Crippen LogP contribution in [-0.2, 0) is 0 Å². The molecule has 2 aromatic rings. The molecule has 0 N–H and O–H groups in total. The summed E-state index contributed by atoms with van der Waals surface area (Å²) in [6.45, 7) is 14.6.